The van der Waals surface area contributed by atoms with E-state index in [1.54, 1.807) is 25.1 Å². The van der Waals surface area contributed by atoms with E-state index >= 15 is 0 Å². The van der Waals surface area contributed by atoms with Gasteiger partial charge in [-0.15, -0.1) is 0 Å². The number of hydrogen-bond donors (Lipinski definition) is 1. The highest BCUT2D eigenvalue weighted by atomic mass is 16.3. The lowest BCUT2D eigenvalue weighted by Gasteiger charge is -1.86. The summed E-state index contributed by atoms with van der Waals surface area (Å²) >= 11 is 0. The highest BCUT2D eigenvalue weighted by molar-refractivity contribution is 5.68. The third-order valence-electron chi connectivity index (χ3n) is 1.45. The first-order valence-corrected chi connectivity index (χ1v) is 3.55. The van der Waals surface area contributed by atoms with Crippen molar-refractivity contribution in [3.8, 4) is 12.1 Å². The molecule has 0 aliphatic carbocycles. The fourth-order valence-corrected chi connectivity index (χ4v) is 0.910. The second kappa shape index (κ2) is 3.46. The summed E-state index contributed by atoms with van der Waals surface area (Å²) in [5.74, 6) is 0.875. The van der Waals surface area contributed by atoms with Crippen LogP contribution in [0.3, 0.4) is 0 Å². The largest absolute Gasteiger partial charge is 0.446 e. The second-order valence-electron chi connectivity index (χ2n) is 2.46. The molecule has 0 radical (unpaired) electrons. The Morgan fingerprint density at radius 1 is 1.54 bits per heavy atom. The molecule has 0 unspecified atom stereocenters. The van der Waals surface area contributed by atoms with Crippen LogP contribution < -0.4 is 5.73 Å². The van der Waals surface area contributed by atoms with Crippen LogP contribution in [0.2, 0.25) is 0 Å². The zero-order valence-electron chi connectivity index (χ0n) is 7.03. The minimum Gasteiger partial charge on any atom is -0.446 e. The average Bonchev–Trinajstić information content (AvgIpc) is 2.41. The Labute approximate surface area is 75.5 Å². The van der Waals surface area contributed by atoms with Crippen LogP contribution in [0.4, 0.5) is 5.88 Å². The van der Waals surface area contributed by atoms with Crippen molar-refractivity contribution in [2.24, 2.45) is 0 Å². The van der Waals surface area contributed by atoms with Gasteiger partial charge in [0.15, 0.2) is 5.88 Å². The Bertz CT molecular complexity index is 413. The van der Waals surface area contributed by atoms with E-state index in [-0.39, 0.29) is 11.5 Å². The van der Waals surface area contributed by atoms with Crippen molar-refractivity contribution < 1.29 is 4.42 Å². The van der Waals surface area contributed by atoms with Crippen molar-refractivity contribution in [1.29, 1.82) is 10.5 Å². The predicted octanol–water partition coefficient (Wildman–Crippen LogP) is 1.60. The number of aryl methyl sites for hydroxylation is 1. The summed E-state index contributed by atoms with van der Waals surface area (Å²) in [7, 11) is 0. The van der Waals surface area contributed by atoms with Gasteiger partial charge in [-0.05, 0) is 19.1 Å². The van der Waals surface area contributed by atoms with Crippen molar-refractivity contribution in [3.63, 3.8) is 0 Å². The maximum Gasteiger partial charge on any atom is 0.197 e. The van der Waals surface area contributed by atoms with Gasteiger partial charge in [0, 0.05) is 5.56 Å². The molecule has 0 atom stereocenters. The highest BCUT2D eigenvalue weighted by Gasteiger charge is 2.03. The monoisotopic (exact) mass is 173 g/mol. The van der Waals surface area contributed by atoms with E-state index in [9.17, 15) is 0 Å². The van der Waals surface area contributed by atoms with Crippen LogP contribution in [0.15, 0.2) is 16.1 Å². The summed E-state index contributed by atoms with van der Waals surface area (Å²) in [5, 5.41) is 16.9. The quantitative estimate of drug-likeness (QED) is 0.653. The van der Waals surface area contributed by atoms with Crippen molar-refractivity contribution in [3.05, 3.63) is 23.0 Å². The number of nitrogen functional groups attached to an aromatic ring is 1. The maximum atomic E-state index is 8.47. The zero-order valence-corrected chi connectivity index (χ0v) is 7.03. The molecule has 64 valence electrons. The lowest BCUT2D eigenvalue weighted by Crippen LogP contribution is -1.83. The standard InChI is InChI=1S/C9H7N3O/c1-6-2-8(9(12)13-6)3-7(4-10)5-11/h2-3H,12H2,1H3. The zero-order chi connectivity index (χ0) is 9.84. The maximum absolute atomic E-state index is 8.47. The molecule has 1 aromatic heterocycles. The van der Waals surface area contributed by atoms with Gasteiger partial charge in [0.25, 0.3) is 0 Å². The molecule has 1 aromatic rings. The first-order valence-electron chi connectivity index (χ1n) is 3.55. The van der Waals surface area contributed by atoms with Crippen molar-refractivity contribution in [2.45, 2.75) is 6.92 Å². The van der Waals surface area contributed by atoms with E-state index < -0.39 is 0 Å². The Hall–Kier alpha value is -2.20. The number of furan rings is 1. The topological polar surface area (TPSA) is 86.7 Å². The van der Waals surface area contributed by atoms with Gasteiger partial charge in [-0.25, -0.2) is 0 Å². The highest BCUT2D eigenvalue weighted by Crippen LogP contribution is 2.19. The smallest absolute Gasteiger partial charge is 0.197 e. The lowest BCUT2D eigenvalue weighted by atomic mass is 10.2. The number of nitriles is 2. The third kappa shape index (κ3) is 1.88. The number of nitrogens with zero attached hydrogens (tertiary/aromatic N) is 2. The Kier molecular flexibility index (Phi) is 2.37. The summed E-state index contributed by atoms with van der Waals surface area (Å²) in [6.07, 6.45) is 1.39. The lowest BCUT2D eigenvalue weighted by molar-refractivity contribution is 0.553. The normalized spacial score (nSPS) is 8.54. The van der Waals surface area contributed by atoms with E-state index in [0.29, 0.717) is 11.3 Å². The SMILES string of the molecule is Cc1cc(C=C(C#N)C#N)c(N)o1. The fourth-order valence-electron chi connectivity index (χ4n) is 0.910. The van der Waals surface area contributed by atoms with Crippen LogP contribution in [-0.2, 0) is 0 Å². The molecule has 0 saturated heterocycles. The molecular formula is C9H7N3O. The molecule has 0 bridgehead atoms. The molecular weight excluding hydrogens is 166 g/mol. The Balaban J connectivity index is 3.13. The molecule has 2 N–H and O–H groups in total. The van der Waals surface area contributed by atoms with Gasteiger partial charge in [-0.1, -0.05) is 0 Å². The van der Waals surface area contributed by atoms with E-state index in [0.717, 1.165) is 0 Å². The molecule has 13 heavy (non-hydrogen) atoms. The summed E-state index contributed by atoms with van der Waals surface area (Å²) in [5.41, 5.74) is 6.04. The summed E-state index contributed by atoms with van der Waals surface area (Å²) in [4.78, 5) is 0. The van der Waals surface area contributed by atoms with Crippen LogP contribution in [0.5, 0.6) is 0 Å². The number of anilines is 1. The summed E-state index contributed by atoms with van der Waals surface area (Å²) in [6, 6.07) is 5.15. The van der Waals surface area contributed by atoms with Crippen molar-refractivity contribution in [1.82, 2.24) is 0 Å². The van der Waals surface area contributed by atoms with Gasteiger partial charge in [0.2, 0.25) is 0 Å². The molecule has 0 spiro atoms. The molecule has 0 aliphatic rings. The first-order chi connectivity index (χ1) is 6.17. The Morgan fingerprint density at radius 3 is 2.54 bits per heavy atom. The molecule has 4 nitrogen and oxygen atoms in total. The summed E-state index contributed by atoms with van der Waals surface area (Å²) in [6.45, 7) is 1.74. The first kappa shape index (κ1) is 8.89. The predicted molar refractivity (Wildman–Crippen MR) is 47.1 cm³/mol. The van der Waals surface area contributed by atoms with Gasteiger partial charge in [0.05, 0.1) is 0 Å². The van der Waals surface area contributed by atoms with E-state index in [1.807, 2.05) is 0 Å². The van der Waals surface area contributed by atoms with Gasteiger partial charge in [0.1, 0.15) is 23.5 Å². The van der Waals surface area contributed by atoms with Gasteiger partial charge in [-0.2, -0.15) is 10.5 Å². The van der Waals surface area contributed by atoms with Crippen LogP contribution in [0.25, 0.3) is 6.08 Å². The van der Waals surface area contributed by atoms with E-state index in [2.05, 4.69) is 0 Å². The minimum atomic E-state index is 0.00694. The average molecular weight is 173 g/mol. The van der Waals surface area contributed by atoms with Crippen molar-refractivity contribution >= 4 is 12.0 Å². The molecule has 0 fully saturated rings. The van der Waals surface area contributed by atoms with Crippen LogP contribution in [0.1, 0.15) is 11.3 Å². The number of allylic oxidation sites excluding steroid dienone is 1. The number of rotatable bonds is 1. The fraction of sp³-hybridized carbons (Fsp3) is 0.111. The van der Waals surface area contributed by atoms with Gasteiger partial charge < -0.3 is 10.2 Å². The molecule has 0 saturated carbocycles. The summed E-state index contributed by atoms with van der Waals surface area (Å²) < 4.78 is 5.02. The van der Waals surface area contributed by atoms with Crippen molar-refractivity contribution in [2.75, 3.05) is 5.73 Å². The molecule has 0 aliphatic heterocycles. The van der Waals surface area contributed by atoms with Crippen LogP contribution in [-0.4, -0.2) is 0 Å². The van der Waals surface area contributed by atoms with Gasteiger partial charge >= 0.3 is 0 Å². The van der Waals surface area contributed by atoms with Crippen LogP contribution in [0, 0.1) is 29.6 Å². The van der Waals surface area contributed by atoms with Gasteiger partial charge in [-0.3, -0.25) is 0 Å². The molecule has 1 heterocycles. The minimum absolute atomic E-state index is 0.00694. The molecule has 1 rings (SSSR count). The Morgan fingerprint density at radius 2 is 2.15 bits per heavy atom. The molecule has 0 amide bonds. The number of hydrogen-bond acceptors (Lipinski definition) is 4. The van der Waals surface area contributed by atoms with Crippen LogP contribution >= 0.6 is 0 Å². The molecule has 4 heteroatoms. The van der Waals surface area contributed by atoms with E-state index in [4.69, 9.17) is 20.7 Å². The third-order valence-corrected chi connectivity index (χ3v) is 1.45. The number of nitrogens with two attached hydrogens (primary N) is 1. The van der Waals surface area contributed by atoms with E-state index in [1.165, 1.54) is 6.08 Å². The second-order valence-corrected chi connectivity index (χ2v) is 2.46. The molecule has 0 aromatic carbocycles.